The van der Waals surface area contributed by atoms with Gasteiger partial charge in [-0.1, -0.05) is 67.3 Å². The predicted octanol–water partition coefficient (Wildman–Crippen LogP) is 3.09. The summed E-state index contributed by atoms with van der Waals surface area (Å²) in [6, 6.07) is 7.48. The summed E-state index contributed by atoms with van der Waals surface area (Å²) in [4.78, 5) is 31.0. The fraction of sp³-hybridized carbons (Fsp3) is 0.500. The highest BCUT2D eigenvalue weighted by molar-refractivity contribution is 9.25. The maximum Gasteiger partial charge on any atom is 0.414 e. The lowest BCUT2D eigenvalue weighted by Gasteiger charge is -2.47. The van der Waals surface area contributed by atoms with Crippen LogP contribution in [0.25, 0.3) is 10.4 Å². The number of azide groups is 1. The molecule has 31 heavy (non-hydrogen) atoms. The van der Waals surface area contributed by atoms with Gasteiger partial charge in [-0.25, -0.2) is 9.79 Å². The van der Waals surface area contributed by atoms with Gasteiger partial charge in [0, 0.05) is 18.3 Å². The van der Waals surface area contributed by atoms with Crippen LogP contribution in [0.3, 0.4) is 0 Å². The first-order chi connectivity index (χ1) is 14.8. The van der Waals surface area contributed by atoms with Crippen molar-refractivity contribution < 1.29 is 23.8 Å². The number of ether oxygens (including phenoxy) is 3. The summed E-state index contributed by atoms with van der Waals surface area (Å²) >= 11 is 7.15. The molecule has 1 aromatic carbocycles. The summed E-state index contributed by atoms with van der Waals surface area (Å²) < 4.78 is 15.4. The maximum absolute atomic E-state index is 12.3. The summed E-state index contributed by atoms with van der Waals surface area (Å²) in [6.07, 6.45) is -0.227. The number of rotatable bonds is 5. The standard InChI is InChI=1S/C18H20Br2N6O5/c1-11(27)29-10-13-14(25-26-21)18(17(19,20)7-8-31-18)24-15(22-13)23-16(28)30-9-12-5-3-2-4-6-12/h2-6,13-14H,7-10H2,1H3,(H2,22,23,24,28)/t13-,14-,18+/m0/s1. The number of guanidine groups is 1. The summed E-state index contributed by atoms with van der Waals surface area (Å²) in [7, 11) is 0. The van der Waals surface area contributed by atoms with Crippen LogP contribution in [0.4, 0.5) is 4.79 Å². The number of aliphatic imine (C=N–C) groups is 1. The van der Waals surface area contributed by atoms with Gasteiger partial charge in [-0.3, -0.25) is 10.1 Å². The van der Waals surface area contributed by atoms with Crippen molar-refractivity contribution in [1.82, 2.24) is 10.6 Å². The van der Waals surface area contributed by atoms with Crippen LogP contribution in [0.1, 0.15) is 18.9 Å². The smallest absolute Gasteiger partial charge is 0.414 e. The normalized spacial score (nSPS) is 26.2. The highest BCUT2D eigenvalue weighted by atomic mass is 79.9. The van der Waals surface area contributed by atoms with E-state index in [2.05, 4.69) is 57.5 Å². The number of alkyl carbamates (subject to hydrolysis) is 1. The lowest BCUT2D eigenvalue weighted by atomic mass is 9.93. The van der Waals surface area contributed by atoms with Gasteiger partial charge >= 0.3 is 12.1 Å². The van der Waals surface area contributed by atoms with Gasteiger partial charge in [0.2, 0.25) is 5.96 Å². The second kappa shape index (κ2) is 9.86. The number of esters is 1. The van der Waals surface area contributed by atoms with E-state index in [-0.39, 0.29) is 19.2 Å². The number of carbonyl (C=O) groups is 2. The summed E-state index contributed by atoms with van der Waals surface area (Å²) in [6.45, 7) is 1.48. The quantitative estimate of drug-likeness (QED) is 0.186. The second-order valence-electron chi connectivity index (χ2n) is 6.85. The fourth-order valence-electron chi connectivity index (χ4n) is 3.31. The van der Waals surface area contributed by atoms with Crippen molar-refractivity contribution in [3.8, 4) is 0 Å². The van der Waals surface area contributed by atoms with Crippen molar-refractivity contribution in [3.63, 3.8) is 0 Å². The lowest BCUT2D eigenvalue weighted by molar-refractivity contribution is -0.142. The van der Waals surface area contributed by atoms with Crippen molar-refractivity contribution in [2.75, 3.05) is 13.2 Å². The Bertz CT molecular complexity index is 908. The van der Waals surface area contributed by atoms with E-state index in [0.29, 0.717) is 13.0 Å². The first kappa shape index (κ1) is 23.3. The zero-order valence-electron chi connectivity index (χ0n) is 16.5. The molecule has 1 amide bonds. The van der Waals surface area contributed by atoms with Crippen LogP contribution in [0.2, 0.25) is 0 Å². The van der Waals surface area contributed by atoms with Gasteiger partial charge in [-0.2, -0.15) is 0 Å². The molecule has 11 nitrogen and oxygen atoms in total. The zero-order valence-corrected chi connectivity index (χ0v) is 19.6. The van der Waals surface area contributed by atoms with Crippen LogP contribution in [-0.4, -0.2) is 52.3 Å². The van der Waals surface area contributed by atoms with Crippen LogP contribution in [-0.2, 0) is 25.6 Å². The number of hydrogen-bond donors (Lipinski definition) is 2. The molecular formula is C18H20Br2N6O5. The van der Waals surface area contributed by atoms with Gasteiger partial charge in [0.1, 0.15) is 28.5 Å². The lowest BCUT2D eigenvalue weighted by Crippen LogP contribution is -2.71. The molecule has 3 rings (SSSR count). The molecule has 13 heteroatoms. The minimum Gasteiger partial charge on any atom is -0.464 e. The monoisotopic (exact) mass is 558 g/mol. The molecule has 2 aliphatic heterocycles. The molecule has 0 saturated carbocycles. The molecule has 0 aromatic heterocycles. The molecule has 1 spiro atoms. The van der Waals surface area contributed by atoms with Gasteiger partial charge in [-0.15, -0.1) is 0 Å². The maximum atomic E-state index is 12.3. The molecule has 0 radical (unpaired) electrons. The molecule has 2 aliphatic rings. The number of halogens is 2. The van der Waals surface area contributed by atoms with Gasteiger partial charge in [0.25, 0.3) is 0 Å². The highest BCUT2D eigenvalue weighted by Gasteiger charge is 2.62. The van der Waals surface area contributed by atoms with Crippen molar-refractivity contribution in [2.24, 2.45) is 10.1 Å². The number of benzene rings is 1. The van der Waals surface area contributed by atoms with E-state index in [1.165, 1.54) is 6.92 Å². The summed E-state index contributed by atoms with van der Waals surface area (Å²) in [5.41, 5.74) is 8.63. The number of hydrogen-bond acceptors (Lipinski definition) is 8. The number of nitrogens with one attached hydrogen (secondary N) is 2. The van der Waals surface area contributed by atoms with Crippen LogP contribution >= 0.6 is 31.9 Å². The first-order valence-corrected chi connectivity index (χ1v) is 10.9. The average Bonchev–Trinajstić information content (AvgIpc) is 3.02. The summed E-state index contributed by atoms with van der Waals surface area (Å²) in [5, 5.41) is 9.41. The van der Waals surface area contributed by atoms with E-state index in [9.17, 15) is 9.59 Å². The third-order valence-electron chi connectivity index (χ3n) is 4.74. The van der Waals surface area contributed by atoms with Crippen molar-refractivity contribution in [1.29, 1.82) is 0 Å². The second-order valence-corrected chi connectivity index (χ2v) is 10.6. The SMILES string of the molecule is CC(=O)OC[C@@H]1N=C(NC(=O)OCc2ccccc2)N[C@@]2(OCCC2(Br)Br)[C@H]1N=[N+]=[N-]. The van der Waals surface area contributed by atoms with E-state index in [0.717, 1.165) is 5.56 Å². The molecule has 166 valence electrons. The average molecular weight is 560 g/mol. The minimum atomic E-state index is -1.31. The van der Waals surface area contributed by atoms with E-state index >= 15 is 0 Å². The Balaban J connectivity index is 1.82. The zero-order chi connectivity index (χ0) is 22.5. The predicted molar refractivity (Wildman–Crippen MR) is 118 cm³/mol. The van der Waals surface area contributed by atoms with Gasteiger partial charge < -0.3 is 19.5 Å². The van der Waals surface area contributed by atoms with E-state index in [1.807, 2.05) is 30.3 Å². The van der Waals surface area contributed by atoms with Gasteiger partial charge in [0.15, 0.2) is 5.72 Å². The minimum absolute atomic E-state index is 0.0322. The highest BCUT2D eigenvalue weighted by Crippen LogP contribution is 2.51. The summed E-state index contributed by atoms with van der Waals surface area (Å²) in [5.74, 6) is -0.486. The number of alkyl halides is 2. The van der Waals surface area contributed by atoms with Crippen LogP contribution < -0.4 is 10.6 Å². The van der Waals surface area contributed by atoms with Crippen molar-refractivity contribution in [3.05, 3.63) is 46.3 Å². The molecule has 0 bridgehead atoms. The van der Waals surface area contributed by atoms with E-state index < -0.39 is 33.1 Å². The number of amides is 1. The molecule has 0 aliphatic carbocycles. The molecule has 2 N–H and O–H groups in total. The number of nitrogens with zero attached hydrogens (tertiary/aromatic N) is 4. The topological polar surface area (TPSA) is 147 Å². The Hall–Kier alpha value is -2.34. The Morgan fingerprint density at radius 2 is 2.13 bits per heavy atom. The molecule has 1 saturated heterocycles. The van der Waals surface area contributed by atoms with Crippen LogP contribution in [0.15, 0.2) is 40.4 Å². The Morgan fingerprint density at radius 3 is 2.74 bits per heavy atom. The molecule has 3 atom stereocenters. The van der Waals surface area contributed by atoms with Gasteiger partial charge in [0.05, 0.1) is 6.61 Å². The molecule has 1 aromatic rings. The molecule has 2 heterocycles. The third-order valence-corrected chi connectivity index (χ3v) is 6.71. The van der Waals surface area contributed by atoms with E-state index in [1.54, 1.807) is 0 Å². The van der Waals surface area contributed by atoms with Crippen LogP contribution in [0, 0.1) is 0 Å². The molecule has 0 unspecified atom stereocenters. The van der Waals surface area contributed by atoms with E-state index in [4.69, 9.17) is 19.7 Å². The third kappa shape index (κ3) is 5.29. The van der Waals surface area contributed by atoms with Crippen LogP contribution in [0.5, 0.6) is 0 Å². The first-order valence-electron chi connectivity index (χ1n) is 9.30. The Kier molecular flexibility index (Phi) is 7.42. The molecular weight excluding hydrogens is 540 g/mol. The van der Waals surface area contributed by atoms with Gasteiger partial charge in [-0.05, 0) is 11.1 Å². The largest absolute Gasteiger partial charge is 0.464 e. The number of carbonyl (C=O) groups excluding carboxylic acids is 2. The fourth-order valence-corrected chi connectivity index (χ4v) is 4.53. The molecule has 1 fully saturated rings. The Morgan fingerprint density at radius 1 is 1.39 bits per heavy atom. The Labute approximate surface area is 194 Å². The van der Waals surface area contributed by atoms with Crippen molar-refractivity contribution in [2.45, 2.75) is 41.0 Å². The van der Waals surface area contributed by atoms with Crippen molar-refractivity contribution >= 4 is 49.9 Å².